The molecule has 1 aliphatic heterocycles. The van der Waals surface area contributed by atoms with E-state index in [2.05, 4.69) is 63.9 Å². The molecule has 118 valence electrons. The average Bonchev–Trinajstić information content (AvgIpc) is 3.07. The first-order valence-corrected chi connectivity index (χ1v) is 9.53. The summed E-state index contributed by atoms with van der Waals surface area (Å²) in [5.41, 5.74) is 1.23. The zero-order valence-electron chi connectivity index (χ0n) is 12.8. The fourth-order valence-corrected chi connectivity index (χ4v) is 3.59. The standard InChI is InChI=1S/C12H18O2Si.3CO.Cr/c1-15(2,3)11-7-5-4-6-10(11)12-13-8-9-14-12;3*1-2;/h4-7,12H,8-9H2,1-3H3;;;;. The Balaban J connectivity index is -0.000000463. The van der Waals surface area contributed by atoms with Crippen LogP contribution in [0.5, 0.6) is 0 Å². The smallest absolute Gasteiger partial charge is 0 e. The van der Waals surface area contributed by atoms with Crippen LogP contribution in [0.25, 0.3) is 0 Å². The molecule has 1 aliphatic rings. The average molecular weight is 358 g/mol. The summed E-state index contributed by atoms with van der Waals surface area (Å²) in [6, 6.07) is 8.51. The van der Waals surface area contributed by atoms with Crippen molar-refractivity contribution in [2.45, 2.75) is 25.9 Å². The first-order chi connectivity index (χ1) is 10.1. The third kappa shape index (κ3) is 8.53. The topological polar surface area (TPSA) is 78.2 Å². The van der Waals surface area contributed by atoms with Crippen molar-refractivity contribution in [3.8, 4) is 0 Å². The van der Waals surface area contributed by atoms with E-state index in [0.29, 0.717) is 13.2 Å². The third-order valence-corrected chi connectivity index (χ3v) is 4.72. The molecule has 1 aromatic carbocycles. The van der Waals surface area contributed by atoms with Gasteiger partial charge in [0.1, 0.15) is 0 Å². The van der Waals surface area contributed by atoms with Gasteiger partial charge in [-0.1, -0.05) is 49.1 Å². The van der Waals surface area contributed by atoms with Crippen molar-refractivity contribution in [3.05, 3.63) is 49.8 Å². The molecule has 0 aliphatic carbocycles. The molecule has 0 spiro atoms. The van der Waals surface area contributed by atoms with Gasteiger partial charge in [-0.2, -0.15) is 0 Å². The van der Waals surface area contributed by atoms with Gasteiger partial charge >= 0.3 is 33.9 Å². The van der Waals surface area contributed by atoms with Crippen LogP contribution in [0.2, 0.25) is 19.6 Å². The molecular weight excluding hydrogens is 340 g/mol. The Morgan fingerprint density at radius 2 is 1.32 bits per heavy atom. The second-order valence-electron chi connectivity index (χ2n) is 4.91. The first-order valence-electron chi connectivity index (χ1n) is 6.03. The van der Waals surface area contributed by atoms with E-state index < -0.39 is 8.07 Å². The fourth-order valence-electron chi connectivity index (χ4n) is 1.92. The maximum Gasteiger partial charge on any atom is 0 e. The van der Waals surface area contributed by atoms with Gasteiger partial charge in [-0.15, -0.1) is 0 Å². The number of rotatable bonds is 2. The van der Waals surface area contributed by atoms with Gasteiger partial charge in [0.15, 0.2) is 6.29 Å². The maximum absolute atomic E-state index is 7.50. The van der Waals surface area contributed by atoms with Crippen LogP contribution in [-0.2, 0) is 40.8 Å². The van der Waals surface area contributed by atoms with Crippen LogP contribution < -0.4 is 5.19 Å². The van der Waals surface area contributed by atoms with Gasteiger partial charge in [0, 0.05) is 22.9 Å². The number of benzene rings is 1. The third-order valence-electron chi connectivity index (χ3n) is 2.64. The molecule has 22 heavy (non-hydrogen) atoms. The van der Waals surface area contributed by atoms with Gasteiger partial charge in [-0.25, -0.2) is 0 Å². The van der Waals surface area contributed by atoms with E-state index in [-0.39, 0.29) is 23.7 Å². The van der Waals surface area contributed by atoms with Crippen LogP contribution in [0.1, 0.15) is 11.9 Å². The Kier molecular flexibility index (Phi) is 17.8. The van der Waals surface area contributed by atoms with Crippen molar-refractivity contribution in [2.24, 2.45) is 0 Å². The molecule has 1 aromatic rings. The summed E-state index contributed by atoms with van der Waals surface area (Å²) >= 11 is 0. The van der Waals surface area contributed by atoms with Crippen molar-refractivity contribution < 1.29 is 40.8 Å². The molecular formula is C15H18CrO5Si. The molecule has 2 rings (SSSR count). The normalized spacial score (nSPS) is 12.8. The minimum absolute atomic E-state index is 0. The second-order valence-corrected chi connectivity index (χ2v) is 9.95. The predicted molar refractivity (Wildman–Crippen MR) is 75.9 cm³/mol. The summed E-state index contributed by atoms with van der Waals surface area (Å²) in [5.74, 6) is 0. The molecule has 1 heterocycles. The Morgan fingerprint density at radius 1 is 0.909 bits per heavy atom. The van der Waals surface area contributed by atoms with E-state index in [4.69, 9.17) is 23.4 Å². The van der Waals surface area contributed by atoms with E-state index in [1.807, 2.05) is 0 Å². The Morgan fingerprint density at radius 3 is 1.73 bits per heavy atom. The molecule has 0 unspecified atom stereocenters. The largest absolute Gasteiger partial charge is 0 e. The van der Waals surface area contributed by atoms with Crippen molar-refractivity contribution in [1.29, 1.82) is 0 Å². The molecule has 5 nitrogen and oxygen atoms in total. The summed E-state index contributed by atoms with van der Waals surface area (Å²) in [5, 5.41) is 1.44. The van der Waals surface area contributed by atoms with Crippen LogP contribution >= 0.6 is 0 Å². The minimum Gasteiger partial charge on any atom is 0 e. The first kappa shape index (κ1) is 26.0. The van der Waals surface area contributed by atoms with Gasteiger partial charge in [-0.05, 0) is 0 Å². The Hall–Kier alpha value is -0.891. The van der Waals surface area contributed by atoms with E-state index in [1.165, 1.54) is 10.8 Å². The summed E-state index contributed by atoms with van der Waals surface area (Å²) in [6.07, 6.45) is -0.132. The van der Waals surface area contributed by atoms with Crippen molar-refractivity contribution in [2.75, 3.05) is 13.2 Å². The molecule has 1 fully saturated rings. The molecule has 0 saturated carbocycles. The monoisotopic (exact) mass is 358 g/mol. The van der Waals surface area contributed by atoms with Gasteiger partial charge in [0.25, 0.3) is 0 Å². The van der Waals surface area contributed by atoms with E-state index >= 15 is 0 Å². The van der Waals surface area contributed by atoms with Gasteiger partial charge in [-0.3, -0.25) is 0 Å². The number of ether oxygens (including phenoxy) is 2. The Bertz CT molecular complexity index is 445. The van der Waals surface area contributed by atoms with Crippen molar-refractivity contribution in [3.63, 3.8) is 0 Å². The summed E-state index contributed by atoms with van der Waals surface area (Å²) < 4.78 is 33.6. The quantitative estimate of drug-likeness (QED) is 0.461. The molecule has 0 aromatic heterocycles. The molecule has 0 radical (unpaired) electrons. The molecule has 0 N–H and O–H groups in total. The van der Waals surface area contributed by atoms with Gasteiger partial charge in [0.2, 0.25) is 0 Å². The SMILES string of the molecule is C[Si](C)(C)c1ccccc1C1OCCO1.[C-]#[O+].[C-]#[O+].[C-]#[O+].[Cr]. The van der Waals surface area contributed by atoms with E-state index in [1.54, 1.807) is 0 Å². The number of hydrogen-bond acceptors (Lipinski definition) is 2. The van der Waals surface area contributed by atoms with Gasteiger partial charge in [0.05, 0.1) is 21.3 Å². The molecule has 0 atom stereocenters. The van der Waals surface area contributed by atoms with E-state index in [0.717, 1.165) is 0 Å². The summed E-state index contributed by atoms with van der Waals surface area (Å²) in [7, 11) is -1.31. The fraction of sp³-hybridized carbons (Fsp3) is 0.400. The summed E-state index contributed by atoms with van der Waals surface area (Å²) in [6.45, 7) is 22.0. The van der Waals surface area contributed by atoms with Crippen molar-refractivity contribution >= 4 is 13.3 Å². The van der Waals surface area contributed by atoms with Crippen molar-refractivity contribution in [1.82, 2.24) is 0 Å². The van der Waals surface area contributed by atoms with E-state index in [9.17, 15) is 0 Å². The summed E-state index contributed by atoms with van der Waals surface area (Å²) in [4.78, 5) is 0. The van der Waals surface area contributed by atoms with Crippen LogP contribution in [0.4, 0.5) is 0 Å². The van der Waals surface area contributed by atoms with Gasteiger partial charge < -0.3 is 9.47 Å². The van der Waals surface area contributed by atoms with Crippen LogP contribution in [0, 0.1) is 20.0 Å². The second kappa shape index (κ2) is 15.0. The Labute approximate surface area is 143 Å². The zero-order valence-corrected chi connectivity index (χ0v) is 15.0. The number of hydrogen-bond donors (Lipinski definition) is 0. The zero-order chi connectivity index (χ0) is 16.9. The van der Waals surface area contributed by atoms with Crippen LogP contribution in [-0.4, -0.2) is 21.3 Å². The molecule has 7 heteroatoms. The van der Waals surface area contributed by atoms with Crippen LogP contribution in [0.3, 0.4) is 0 Å². The molecule has 1 saturated heterocycles. The predicted octanol–water partition coefficient (Wildman–Crippen LogP) is 2.16. The minimum atomic E-state index is -1.31. The van der Waals surface area contributed by atoms with Crippen LogP contribution in [0.15, 0.2) is 24.3 Å². The molecule has 0 amide bonds. The maximum atomic E-state index is 7.50. The molecule has 0 bridgehead atoms.